The van der Waals surface area contributed by atoms with Crippen molar-refractivity contribution < 1.29 is 105 Å². The number of hydrogen-bond donors (Lipinski definition) is 14. The Balaban J connectivity index is 1.06. The summed E-state index contributed by atoms with van der Waals surface area (Å²) >= 11 is 1.83. The minimum atomic E-state index is -1.95. The molecule has 1 unspecified atom stereocenters. The minimum absolute atomic E-state index is 0.0437. The molecule has 0 bridgehead atoms. The zero-order valence-corrected chi connectivity index (χ0v) is 78.3. The van der Waals surface area contributed by atoms with Gasteiger partial charge in [-0.15, -0.1) is 23.5 Å². The highest BCUT2D eigenvalue weighted by Gasteiger charge is 2.47. The van der Waals surface area contributed by atoms with Gasteiger partial charge in [0.15, 0.2) is 17.5 Å². The molecule has 0 spiro atoms. The van der Waals surface area contributed by atoms with Crippen LogP contribution in [0.4, 0.5) is 13.2 Å². The number of aromatic amines is 1. The average molecular weight is 1920 g/mol. The van der Waals surface area contributed by atoms with Crippen LogP contribution >= 0.6 is 23.5 Å². The van der Waals surface area contributed by atoms with E-state index in [0.29, 0.717) is 75.5 Å². The van der Waals surface area contributed by atoms with Gasteiger partial charge < -0.3 is 98.4 Å². The van der Waals surface area contributed by atoms with Crippen molar-refractivity contribution in [2.45, 2.75) is 197 Å². The number of carbonyl (C=O) groups is 16. The largest absolute Gasteiger partial charge is 0.508 e. The van der Waals surface area contributed by atoms with E-state index in [2.05, 4.69) is 52.8 Å². The number of nitrogens with zero attached hydrogens (tertiary/aromatic N) is 5. The van der Waals surface area contributed by atoms with Gasteiger partial charge in [-0.2, -0.15) is 0 Å². The number of H-pyrrole nitrogens is 1. The Morgan fingerprint density at radius 2 is 1.01 bits per heavy atom. The third-order valence-electron chi connectivity index (χ3n) is 24.0. The van der Waals surface area contributed by atoms with Gasteiger partial charge in [-0.1, -0.05) is 151 Å². The first kappa shape index (κ1) is 105. The van der Waals surface area contributed by atoms with Crippen molar-refractivity contribution >= 4 is 129 Å². The van der Waals surface area contributed by atoms with E-state index in [1.54, 1.807) is 119 Å². The molecule has 3 saturated heterocycles. The number of carboxylic acid groups (broad SMARTS) is 1. The second kappa shape index (κ2) is 49.1. The molecular formula is C96H117F3N16O19S2. The van der Waals surface area contributed by atoms with Crippen LogP contribution in [0.5, 0.6) is 11.5 Å². The van der Waals surface area contributed by atoms with Gasteiger partial charge in [0.25, 0.3) is 0 Å². The molecule has 136 heavy (non-hydrogen) atoms. The number of carboxylic acids is 1. The molecule has 3 aliphatic heterocycles. The molecule has 4 heterocycles. The number of para-hydroxylation sites is 1. The van der Waals surface area contributed by atoms with Crippen LogP contribution in [0.2, 0.25) is 0 Å². The number of hydrogen-bond acceptors (Lipinski definition) is 20. The standard InChI is InChI=1S/C96H117F3N16O19S2/c1-9-10-26-75-95(133)114-36-19-27-74(114)89(127)107-70(46-81(120)121)88(126)110-83(54(4)5)96(134)112(7)76(43-55-20-13-11-14-21-55)90(128)108-72(41-58-30-34-62(117)35-31-58)93(131)115-52-136-50-78(115)91(129)106-69(45-60-47-101-66-25-18-17-24-63(60)66)87(125)105-68(40-57-28-32-61(116)33-29-57)86(124)104-67(37-53(2)3)85(123)109-73(84(122)102-48-79(100)118)49-135-51-80(119)103-71(42-59-38-64(97)82(99)65(98)39-59)92(130)113(8)77(94(132)111(75)6)44-56-22-15-12-16-23-56/h11-18,20-25,28-35,38-39,47,53-54,67-78,83,101,116-117H,9-10,19,26-27,36-37,40-46,48-52H2,1-8H3,(H2,100,118)(H,102,122)(H,103,119)(H,104,124)(H,105,125)(H,106,129)(H,107,127)(H,108,128)(H,109,123)(H,110,126)(H,120,121)/t67-,68-,69-,70-,71-,72-,73-,74+,75-,76?,77-,78+,83-/m0/s1. The SMILES string of the molecule is CCCC[C@H]1C(=O)N2CCC[C@@H]2C(=O)N[C@@H](CC(=O)O)C(=O)N[C@@H](C(C)C)C(=O)N(C)C(Cc2ccccc2)C(=O)N[C@@H](Cc2ccc(O)cc2)C(=O)N2CSC[C@@H]2C(=O)N[C@@H](Cc2c[nH]c3ccccc23)C(=O)N[C@@H](Cc2ccc(O)cc2)C(=O)N[C@@H](CC(C)C)C(=O)N[C@H](C(=O)NCC(N)=O)CSCC(=O)N[C@@H](Cc2cc(F)c(F)c(F)c2)C(=O)N(C)[C@@H](Cc2ccccc2)C(=O)N1C. The summed E-state index contributed by atoms with van der Waals surface area (Å²) in [5, 5.41) is 55.8. The zero-order valence-electron chi connectivity index (χ0n) is 76.7. The van der Waals surface area contributed by atoms with E-state index >= 15 is 56.7 Å². The smallest absolute Gasteiger partial charge is 0.305 e. The minimum Gasteiger partial charge on any atom is -0.508 e. The van der Waals surface area contributed by atoms with E-state index in [1.807, 2.05) is 6.92 Å². The normalized spacial score (nSPS) is 23.3. The van der Waals surface area contributed by atoms with E-state index < -0.39 is 233 Å². The fourth-order valence-corrected chi connectivity index (χ4v) is 18.6. The van der Waals surface area contributed by atoms with Crippen LogP contribution in [-0.2, 0) is 115 Å². The summed E-state index contributed by atoms with van der Waals surface area (Å²) in [5.74, 6) is -24.3. The maximum atomic E-state index is 15.8. The summed E-state index contributed by atoms with van der Waals surface area (Å²) in [6.07, 6.45) is -0.975. The maximum absolute atomic E-state index is 15.8. The molecular weight excluding hydrogens is 1800 g/mol. The molecule has 35 nitrogen and oxygen atoms in total. The number of aromatic hydroxyl groups is 2. The molecule has 40 heteroatoms. The number of rotatable bonds is 23. The number of carbonyl (C=O) groups excluding carboxylic acids is 15. The van der Waals surface area contributed by atoms with Crippen molar-refractivity contribution in [3.05, 3.63) is 203 Å². The van der Waals surface area contributed by atoms with Gasteiger partial charge in [0, 0.05) is 94.8 Å². The van der Waals surface area contributed by atoms with Crippen molar-refractivity contribution in [3.8, 4) is 11.5 Å². The lowest BCUT2D eigenvalue weighted by Gasteiger charge is -2.38. The molecule has 3 fully saturated rings. The van der Waals surface area contributed by atoms with Crippen molar-refractivity contribution in [2.75, 3.05) is 57.4 Å². The highest BCUT2D eigenvalue weighted by Crippen LogP contribution is 2.30. The molecule has 0 saturated carbocycles. The summed E-state index contributed by atoms with van der Waals surface area (Å²) in [4.78, 5) is 248. The monoisotopic (exact) mass is 1920 g/mol. The van der Waals surface area contributed by atoms with Gasteiger partial charge in [0.1, 0.15) is 90.0 Å². The summed E-state index contributed by atoms with van der Waals surface area (Å²) in [6, 6.07) is 15.3. The lowest BCUT2D eigenvalue weighted by molar-refractivity contribution is -0.152. The summed E-state index contributed by atoms with van der Waals surface area (Å²) in [5.41, 5.74) is 7.95. The van der Waals surface area contributed by atoms with E-state index in [0.717, 1.165) is 26.5 Å². The number of thioether (sulfide) groups is 2. The first-order valence-electron chi connectivity index (χ1n) is 44.9. The molecule has 0 aliphatic carbocycles. The third-order valence-corrected chi connectivity index (χ3v) is 26.1. The first-order valence-corrected chi connectivity index (χ1v) is 47.2. The van der Waals surface area contributed by atoms with E-state index in [-0.39, 0.29) is 93.0 Å². The fourth-order valence-electron chi connectivity index (χ4n) is 16.6. The summed E-state index contributed by atoms with van der Waals surface area (Å²) < 4.78 is 45.1. The van der Waals surface area contributed by atoms with E-state index in [4.69, 9.17) is 5.73 Å². The lowest BCUT2D eigenvalue weighted by atomic mass is 9.98. The molecule has 13 atom stereocenters. The number of benzene rings is 6. The second-order valence-electron chi connectivity index (χ2n) is 35.0. The Bertz CT molecular complexity index is 5450. The molecule has 15 N–H and O–H groups in total. The summed E-state index contributed by atoms with van der Waals surface area (Å²) in [6.45, 7) is 7.47. The van der Waals surface area contributed by atoms with Crippen molar-refractivity contribution in [2.24, 2.45) is 17.6 Å². The van der Waals surface area contributed by atoms with Crippen molar-refractivity contribution in [3.63, 3.8) is 0 Å². The first-order chi connectivity index (χ1) is 64.8. The number of halogens is 3. The Hall–Kier alpha value is -13.5. The van der Waals surface area contributed by atoms with Crippen LogP contribution in [0, 0.1) is 29.3 Å². The number of likely N-dealkylation sites (N-methyl/N-ethyl adjacent to an activating group) is 3. The van der Waals surface area contributed by atoms with E-state index in [1.165, 1.54) is 79.5 Å². The molecule has 6 aromatic carbocycles. The second-order valence-corrected chi connectivity index (χ2v) is 37.0. The number of unbranched alkanes of at least 4 members (excludes halogenated alkanes) is 1. The number of aromatic nitrogens is 1. The maximum Gasteiger partial charge on any atom is 0.305 e. The van der Waals surface area contributed by atoms with Gasteiger partial charge in [0.05, 0.1) is 24.6 Å². The van der Waals surface area contributed by atoms with Gasteiger partial charge in [-0.05, 0) is 113 Å². The van der Waals surface area contributed by atoms with Gasteiger partial charge in [-0.25, -0.2) is 13.2 Å². The molecule has 0 radical (unpaired) electrons. The lowest BCUT2D eigenvalue weighted by Crippen LogP contribution is -2.62. The number of amides is 15. The molecule has 1 aromatic heterocycles. The fraction of sp³-hybridized carbons (Fsp3) is 0.438. The van der Waals surface area contributed by atoms with Crippen LogP contribution in [0.1, 0.15) is 113 Å². The average Bonchev–Trinajstić information content (AvgIpc) is 1.50. The highest BCUT2D eigenvalue weighted by atomic mass is 32.2. The van der Waals surface area contributed by atoms with Crippen molar-refractivity contribution in [1.82, 2.24) is 77.3 Å². The molecule has 15 amide bonds. The number of aliphatic carboxylic acids is 1. The number of phenols is 2. The zero-order chi connectivity index (χ0) is 98.9. The number of fused-ring (bicyclic) bond motifs is 3. The van der Waals surface area contributed by atoms with Gasteiger partial charge >= 0.3 is 5.97 Å². The molecule has 728 valence electrons. The highest BCUT2D eigenvalue weighted by molar-refractivity contribution is 8.00. The molecule has 3 aliphatic rings. The Kier molecular flexibility index (Phi) is 37.8. The Morgan fingerprint density at radius 1 is 0.500 bits per heavy atom. The Morgan fingerprint density at radius 3 is 1.60 bits per heavy atom. The van der Waals surface area contributed by atoms with Gasteiger partial charge in [0.2, 0.25) is 88.6 Å². The van der Waals surface area contributed by atoms with Crippen LogP contribution in [-0.4, -0.2) is 275 Å². The number of phenolic OH excluding ortho intramolecular Hbond substituents is 2. The Labute approximate surface area is 793 Å². The number of primary amides is 1. The quantitative estimate of drug-likeness (QED) is 0.0406. The van der Waals surface area contributed by atoms with Gasteiger partial charge in [-0.3, -0.25) is 76.7 Å². The molecule has 10 rings (SSSR count). The van der Waals surface area contributed by atoms with Crippen molar-refractivity contribution in [1.29, 1.82) is 0 Å². The predicted octanol–water partition coefficient (Wildman–Crippen LogP) is 3.72. The van der Waals surface area contributed by atoms with Crippen LogP contribution in [0.3, 0.4) is 0 Å². The topological polar surface area (TPSA) is 500 Å². The van der Waals surface area contributed by atoms with Crippen LogP contribution in [0.25, 0.3) is 10.9 Å². The van der Waals surface area contributed by atoms with Crippen LogP contribution in [0.15, 0.2) is 152 Å². The molecule has 7 aromatic rings. The number of nitrogens with one attached hydrogen (secondary N) is 10. The number of nitrogens with two attached hydrogens (primary N) is 1. The predicted molar refractivity (Wildman–Crippen MR) is 499 cm³/mol. The summed E-state index contributed by atoms with van der Waals surface area (Å²) in [7, 11) is 3.77. The third kappa shape index (κ3) is 28.5. The van der Waals surface area contributed by atoms with E-state index in [9.17, 15) is 48.5 Å². The van der Waals surface area contributed by atoms with Crippen LogP contribution < -0.4 is 53.6 Å².